The molecule has 0 heterocycles. The molecule has 0 unspecified atom stereocenters. The molecule has 0 bridgehead atoms. The molecular weight excluding hydrogens is 304 g/mol. The van der Waals surface area contributed by atoms with Crippen LogP contribution in [-0.4, -0.2) is 12.9 Å². The molecule has 0 aliphatic heterocycles. The average molecular weight is 319 g/mol. The van der Waals surface area contributed by atoms with Crippen LogP contribution in [0.15, 0.2) is 40.9 Å². The van der Waals surface area contributed by atoms with Gasteiger partial charge >= 0.3 is 0 Å². The lowest BCUT2D eigenvalue weighted by Crippen LogP contribution is -2.04. The summed E-state index contributed by atoms with van der Waals surface area (Å²) in [5.41, 5.74) is 3.39. The summed E-state index contributed by atoms with van der Waals surface area (Å²) in [6, 6.07) is 11.1. The maximum atomic E-state index is 12.5. The van der Waals surface area contributed by atoms with Crippen molar-refractivity contribution >= 4 is 21.7 Å². The van der Waals surface area contributed by atoms with Gasteiger partial charge in [-0.2, -0.15) is 0 Å². The van der Waals surface area contributed by atoms with Crippen LogP contribution in [0.25, 0.3) is 0 Å². The zero-order valence-corrected chi connectivity index (χ0v) is 12.7. The highest BCUT2D eigenvalue weighted by Gasteiger charge is 2.13. The van der Waals surface area contributed by atoms with Gasteiger partial charge in [-0.1, -0.05) is 15.9 Å². The standard InChI is InChI=1S/C16H15BrO2/c1-10-9-13(19-3)5-6-14(10)16(18)12-4-7-15(17)11(2)8-12/h4-9H,1-3H3. The fraction of sp³-hybridized carbons (Fsp3) is 0.188. The number of ketones is 1. The minimum atomic E-state index is 0.0377. The molecular formula is C16H15BrO2. The highest BCUT2D eigenvalue weighted by molar-refractivity contribution is 9.10. The van der Waals surface area contributed by atoms with Crippen molar-refractivity contribution in [2.75, 3.05) is 7.11 Å². The molecule has 0 amide bonds. The van der Waals surface area contributed by atoms with E-state index in [0.29, 0.717) is 11.1 Å². The normalized spacial score (nSPS) is 10.3. The third-order valence-electron chi connectivity index (χ3n) is 3.10. The first-order valence-electron chi connectivity index (χ1n) is 5.98. The maximum absolute atomic E-state index is 12.5. The van der Waals surface area contributed by atoms with E-state index in [1.54, 1.807) is 7.11 Å². The van der Waals surface area contributed by atoms with Gasteiger partial charge < -0.3 is 4.74 Å². The Labute approximate surface area is 121 Å². The monoisotopic (exact) mass is 318 g/mol. The molecule has 0 aromatic heterocycles. The van der Waals surface area contributed by atoms with E-state index in [0.717, 1.165) is 21.3 Å². The molecule has 98 valence electrons. The first-order valence-corrected chi connectivity index (χ1v) is 6.77. The number of ether oxygens (including phenoxy) is 1. The second-order valence-corrected chi connectivity index (χ2v) is 5.33. The maximum Gasteiger partial charge on any atom is 0.193 e. The number of methoxy groups -OCH3 is 1. The molecule has 0 fully saturated rings. The zero-order valence-electron chi connectivity index (χ0n) is 11.2. The Kier molecular flexibility index (Phi) is 4.05. The number of rotatable bonds is 3. The number of hydrogen-bond acceptors (Lipinski definition) is 2. The second-order valence-electron chi connectivity index (χ2n) is 4.47. The molecule has 2 aromatic rings. The lowest BCUT2D eigenvalue weighted by Gasteiger charge is -2.08. The van der Waals surface area contributed by atoms with E-state index >= 15 is 0 Å². The number of halogens is 1. The average Bonchev–Trinajstić information content (AvgIpc) is 2.41. The van der Waals surface area contributed by atoms with Gasteiger partial charge in [0.25, 0.3) is 0 Å². The molecule has 2 aromatic carbocycles. The summed E-state index contributed by atoms with van der Waals surface area (Å²) in [7, 11) is 1.62. The minimum absolute atomic E-state index is 0.0377. The molecule has 0 aliphatic rings. The molecule has 0 radical (unpaired) electrons. The van der Waals surface area contributed by atoms with Crippen LogP contribution in [0, 0.1) is 13.8 Å². The first-order chi connectivity index (χ1) is 9.02. The number of aryl methyl sites for hydroxylation is 2. The van der Waals surface area contributed by atoms with E-state index in [-0.39, 0.29) is 5.78 Å². The van der Waals surface area contributed by atoms with E-state index in [2.05, 4.69) is 15.9 Å². The smallest absolute Gasteiger partial charge is 0.193 e. The Morgan fingerprint density at radius 1 is 1.05 bits per heavy atom. The van der Waals surface area contributed by atoms with E-state index in [1.165, 1.54) is 0 Å². The van der Waals surface area contributed by atoms with Crippen LogP contribution in [0.5, 0.6) is 5.75 Å². The predicted octanol–water partition coefficient (Wildman–Crippen LogP) is 4.31. The number of carbonyl (C=O) groups excluding carboxylic acids is 1. The summed E-state index contributed by atoms with van der Waals surface area (Å²) >= 11 is 3.44. The third-order valence-corrected chi connectivity index (χ3v) is 3.99. The summed E-state index contributed by atoms with van der Waals surface area (Å²) in [6.07, 6.45) is 0. The van der Waals surface area contributed by atoms with Gasteiger partial charge in [-0.05, 0) is 61.4 Å². The van der Waals surface area contributed by atoms with Gasteiger partial charge in [0.05, 0.1) is 7.11 Å². The van der Waals surface area contributed by atoms with Gasteiger partial charge in [0.1, 0.15) is 5.75 Å². The molecule has 0 saturated heterocycles. The Bertz CT molecular complexity index is 633. The molecule has 0 saturated carbocycles. The van der Waals surface area contributed by atoms with Crippen LogP contribution in [0.3, 0.4) is 0 Å². The quantitative estimate of drug-likeness (QED) is 0.788. The Morgan fingerprint density at radius 2 is 1.79 bits per heavy atom. The molecule has 2 nitrogen and oxygen atoms in total. The molecule has 0 spiro atoms. The topological polar surface area (TPSA) is 26.3 Å². The van der Waals surface area contributed by atoms with Crippen LogP contribution in [-0.2, 0) is 0 Å². The van der Waals surface area contributed by atoms with Crippen LogP contribution < -0.4 is 4.74 Å². The Morgan fingerprint density at radius 3 is 2.37 bits per heavy atom. The first kappa shape index (κ1) is 13.8. The van der Waals surface area contributed by atoms with Crippen LogP contribution in [0.2, 0.25) is 0 Å². The Hall–Kier alpha value is -1.61. The summed E-state index contributed by atoms with van der Waals surface area (Å²) in [6.45, 7) is 3.89. The fourth-order valence-corrected chi connectivity index (χ4v) is 2.21. The van der Waals surface area contributed by atoms with E-state index in [4.69, 9.17) is 4.74 Å². The van der Waals surface area contributed by atoms with E-state index in [9.17, 15) is 4.79 Å². The van der Waals surface area contributed by atoms with Crippen molar-refractivity contribution in [3.63, 3.8) is 0 Å². The minimum Gasteiger partial charge on any atom is -0.497 e. The fourth-order valence-electron chi connectivity index (χ4n) is 1.96. The summed E-state index contributed by atoms with van der Waals surface area (Å²) in [5, 5.41) is 0. The van der Waals surface area contributed by atoms with Gasteiger partial charge in [-0.15, -0.1) is 0 Å². The molecule has 0 aliphatic carbocycles. The summed E-state index contributed by atoms with van der Waals surface area (Å²) in [4.78, 5) is 12.5. The van der Waals surface area contributed by atoms with Crippen molar-refractivity contribution in [3.8, 4) is 5.75 Å². The van der Waals surface area contributed by atoms with Crippen molar-refractivity contribution in [2.45, 2.75) is 13.8 Å². The zero-order chi connectivity index (χ0) is 14.0. The van der Waals surface area contributed by atoms with Crippen LogP contribution >= 0.6 is 15.9 Å². The predicted molar refractivity (Wildman–Crippen MR) is 80.0 cm³/mol. The van der Waals surface area contributed by atoms with Gasteiger partial charge in [-0.3, -0.25) is 4.79 Å². The van der Waals surface area contributed by atoms with Crippen molar-refractivity contribution in [1.82, 2.24) is 0 Å². The highest BCUT2D eigenvalue weighted by Crippen LogP contribution is 2.22. The van der Waals surface area contributed by atoms with Crippen molar-refractivity contribution in [1.29, 1.82) is 0 Å². The number of carbonyl (C=O) groups is 1. The highest BCUT2D eigenvalue weighted by atomic mass is 79.9. The SMILES string of the molecule is COc1ccc(C(=O)c2ccc(Br)c(C)c2)c(C)c1. The van der Waals surface area contributed by atoms with Crippen molar-refractivity contribution < 1.29 is 9.53 Å². The van der Waals surface area contributed by atoms with E-state index in [1.807, 2.05) is 50.2 Å². The third kappa shape index (κ3) is 2.87. The lowest BCUT2D eigenvalue weighted by atomic mass is 9.98. The molecule has 2 rings (SSSR count). The van der Waals surface area contributed by atoms with Crippen LogP contribution in [0.1, 0.15) is 27.0 Å². The Balaban J connectivity index is 2.41. The molecule has 3 heteroatoms. The second kappa shape index (κ2) is 5.57. The van der Waals surface area contributed by atoms with Crippen molar-refractivity contribution in [3.05, 3.63) is 63.1 Å². The van der Waals surface area contributed by atoms with Gasteiger partial charge in [0.15, 0.2) is 5.78 Å². The molecule has 0 N–H and O–H groups in total. The number of hydrogen-bond donors (Lipinski definition) is 0. The van der Waals surface area contributed by atoms with Crippen molar-refractivity contribution in [2.24, 2.45) is 0 Å². The van der Waals surface area contributed by atoms with Gasteiger partial charge in [0, 0.05) is 15.6 Å². The van der Waals surface area contributed by atoms with E-state index < -0.39 is 0 Å². The summed E-state index contributed by atoms with van der Waals surface area (Å²) < 4.78 is 6.16. The lowest BCUT2D eigenvalue weighted by molar-refractivity contribution is 0.103. The molecule has 19 heavy (non-hydrogen) atoms. The van der Waals surface area contributed by atoms with Gasteiger partial charge in [0.2, 0.25) is 0 Å². The summed E-state index contributed by atoms with van der Waals surface area (Å²) in [5.74, 6) is 0.803. The van der Waals surface area contributed by atoms with Gasteiger partial charge in [-0.25, -0.2) is 0 Å². The molecule has 0 atom stereocenters. The number of benzene rings is 2. The van der Waals surface area contributed by atoms with Crippen LogP contribution in [0.4, 0.5) is 0 Å². The largest absolute Gasteiger partial charge is 0.497 e.